The number of hydrogen-bond donors (Lipinski definition) is 1. The summed E-state index contributed by atoms with van der Waals surface area (Å²) in [4.78, 5) is 11.7. The third-order valence-electron chi connectivity index (χ3n) is 4.86. The summed E-state index contributed by atoms with van der Waals surface area (Å²) in [6.45, 7) is 6.07. The molecule has 2 N–H and O–H groups in total. The van der Waals surface area contributed by atoms with E-state index in [9.17, 15) is 8.78 Å². The highest BCUT2D eigenvalue weighted by Gasteiger charge is 2.27. The fraction of sp³-hybridized carbons (Fsp3) is 0.700. The topological polar surface area (TPSA) is 54.0 Å². The van der Waals surface area contributed by atoms with Gasteiger partial charge in [-0.2, -0.15) is 0 Å². The Morgan fingerprint density at radius 1 is 1.42 bits per heavy atom. The number of hydrogen-bond acceptors (Lipinski definition) is 4. The van der Waals surface area contributed by atoms with Crippen LogP contribution in [-0.2, 0) is 0 Å². The van der Waals surface area contributed by atoms with Gasteiger partial charge in [0, 0.05) is 42.5 Å². The van der Waals surface area contributed by atoms with Gasteiger partial charge in [-0.05, 0) is 45.6 Å². The smallest absolute Gasteiger partial charge is 0.245 e. The number of aliphatic imine (C=N–C) groups is 2. The molecule has 2 aliphatic heterocycles. The van der Waals surface area contributed by atoms with Gasteiger partial charge in [-0.25, -0.2) is 18.8 Å². The van der Waals surface area contributed by atoms with E-state index >= 15 is 0 Å². The molecule has 1 unspecified atom stereocenters. The fourth-order valence-corrected chi connectivity index (χ4v) is 3.36. The molecular formula is C20H32F2N4. The predicted octanol–water partition coefficient (Wildman–Crippen LogP) is 5.02. The predicted molar refractivity (Wildman–Crippen MR) is 105 cm³/mol. The molecule has 0 aromatic rings. The lowest BCUT2D eigenvalue weighted by Gasteiger charge is -2.25. The van der Waals surface area contributed by atoms with E-state index in [-0.39, 0.29) is 12.8 Å². The highest BCUT2D eigenvalue weighted by molar-refractivity contribution is 6.05. The zero-order chi connectivity index (χ0) is 19.2. The van der Waals surface area contributed by atoms with E-state index in [0.29, 0.717) is 18.2 Å². The monoisotopic (exact) mass is 366 g/mol. The van der Waals surface area contributed by atoms with Crippen LogP contribution in [0.2, 0.25) is 0 Å². The van der Waals surface area contributed by atoms with Crippen LogP contribution in [0.15, 0.2) is 33.5 Å². The van der Waals surface area contributed by atoms with Crippen molar-refractivity contribution in [3.63, 3.8) is 0 Å². The molecule has 0 aliphatic carbocycles. The van der Waals surface area contributed by atoms with Crippen molar-refractivity contribution < 1.29 is 8.78 Å². The Bertz CT molecular complexity index is 599. The second-order valence-corrected chi connectivity index (χ2v) is 7.49. The first-order valence-corrected chi connectivity index (χ1v) is 9.72. The van der Waals surface area contributed by atoms with Crippen LogP contribution < -0.4 is 5.73 Å². The summed E-state index contributed by atoms with van der Waals surface area (Å²) in [6.07, 6.45) is 10.2. The van der Waals surface area contributed by atoms with Gasteiger partial charge in [-0.3, -0.25) is 0 Å². The molecule has 1 fully saturated rings. The molecule has 0 aromatic carbocycles. The molecule has 1 atom stereocenters. The summed E-state index contributed by atoms with van der Waals surface area (Å²) in [5.74, 6) is -1.95. The molecule has 6 heteroatoms. The van der Waals surface area contributed by atoms with E-state index in [1.54, 1.807) is 6.08 Å². The van der Waals surface area contributed by atoms with Crippen molar-refractivity contribution >= 4 is 11.7 Å². The first-order chi connectivity index (χ1) is 12.3. The quantitative estimate of drug-likeness (QED) is 0.687. The first kappa shape index (κ1) is 20.6. The molecule has 146 valence electrons. The Labute approximate surface area is 156 Å². The lowest BCUT2D eigenvalue weighted by Crippen LogP contribution is -2.35. The van der Waals surface area contributed by atoms with Crippen LogP contribution in [0.25, 0.3) is 0 Å². The zero-order valence-electron chi connectivity index (χ0n) is 16.3. The molecule has 1 saturated heterocycles. The molecule has 26 heavy (non-hydrogen) atoms. The summed E-state index contributed by atoms with van der Waals surface area (Å²) in [6, 6.07) is 0.490. The molecule has 0 aromatic heterocycles. The minimum absolute atomic E-state index is 0.167. The number of nitrogens with two attached hydrogens (primary N) is 1. The average Bonchev–Trinajstić information content (AvgIpc) is 2.95. The lowest BCUT2D eigenvalue weighted by atomic mass is 10.1. The Balaban J connectivity index is 2.14. The molecule has 4 nitrogen and oxygen atoms in total. The maximum atomic E-state index is 13.0. The second kappa shape index (κ2) is 9.28. The van der Waals surface area contributed by atoms with Crippen molar-refractivity contribution in [2.75, 3.05) is 6.54 Å². The molecular weight excluding hydrogens is 334 g/mol. The molecule has 0 saturated carbocycles. The van der Waals surface area contributed by atoms with Gasteiger partial charge in [-0.1, -0.05) is 25.8 Å². The Morgan fingerprint density at radius 2 is 2.19 bits per heavy atom. The number of halogens is 2. The van der Waals surface area contributed by atoms with Gasteiger partial charge in [0.15, 0.2) is 0 Å². The number of nitrogens with zero attached hydrogens (tertiary/aromatic N) is 3. The minimum Gasteiger partial charge on any atom is -0.402 e. The van der Waals surface area contributed by atoms with Crippen LogP contribution in [0, 0.1) is 0 Å². The van der Waals surface area contributed by atoms with Crippen molar-refractivity contribution in [2.24, 2.45) is 15.7 Å². The van der Waals surface area contributed by atoms with Crippen molar-refractivity contribution in [2.45, 2.75) is 84.1 Å². The van der Waals surface area contributed by atoms with E-state index in [0.717, 1.165) is 43.7 Å². The van der Waals surface area contributed by atoms with Crippen LogP contribution in [-0.4, -0.2) is 35.1 Å². The Kier molecular flexibility index (Phi) is 7.35. The molecule has 0 bridgehead atoms. The summed E-state index contributed by atoms with van der Waals surface area (Å²) in [5.41, 5.74) is 8.14. The van der Waals surface area contributed by atoms with Crippen molar-refractivity contribution in [3.05, 3.63) is 23.5 Å². The van der Waals surface area contributed by atoms with Crippen LogP contribution in [0.5, 0.6) is 0 Å². The molecule has 2 aliphatic rings. The number of rotatable bonds is 7. The summed E-state index contributed by atoms with van der Waals surface area (Å²) in [5, 5.41) is 0. The van der Waals surface area contributed by atoms with E-state index in [4.69, 9.17) is 10.7 Å². The largest absolute Gasteiger partial charge is 0.402 e. The van der Waals surface area contributed by atoms with E-state index in [2.05, 4.69) is 16.8 Å². The van der Waals surface area contributed by atoms with Gasteiger partial charge in [0.05, 0.1) is 0 Å². The summed E-state index contributed by atoms with van der Waals surface area (Å²) in [7, 11) is 0. The van der Waals surface area contributed by atoms with E-state index in [1.807, 2.05) is 13.0 Å². The van der Waals surface area contributed by atoms with Gasteiger partial charge < -0.3 is 10.6 Å². The van der Waals surface area contributed by atoms with Crippen LogP contribution in [0.3, 0.4) is 0 Å². The molecule has 0 amide bonds. The number of allylic oxidation sites excluding steroid dienone is 4. The van der Waals surface area contributed by atoms with Crippen molar-refractivity contribution in [1.29, 1.82) is 0 Å². The molecule has 2 rings (SSSR count). The van der Waals surface area contributed by atoms with E-state index < -0.39 is 5.92 Å². The highest BCUT2D eigenvalue weighted by atomic mass is 19.3. The highest BCUT2D eigenvalue weighted by Crippen LogP contribution is 2.25. The molecule has 0 radical (unpaired) electrons. The number of unbranched alkanes of at least 4 members (excludes halogenated alkanes) is 1. The van der Waals surface area contributed by atoms with Crippen molar-refractivity contribution in [3.8, 4) is 0 Å². The fourth-order valence-electron chi connectivity index (χ4n) is 3.36. The third kappa shape index (κ3) is 6.54. The maximum Gasteiger partial charge on any atom is 0.245 e. The zero-order valence-corrected chi connectivity index (χ0v) is 16.3. The Hall–Kier alpha value is -1.72. The number of likely N-dealkylation sites (tertiary alicyclic amines) is 1. The SMILES string of the molecule is CCCCC1CCCN1C1=NC(C)=CCC(C=C(N)CCC(C)(F)F)=N1. The summed E-state index contributed by atoms with van der Waals surface area (Å²) >= 11 is 0. The standard InChI is InChI=1S/C20H32F2N4/c1-4-5-7-18-8-6-13-26(18)19-24-15(2)9-10-17(25-19)14-16(23)11-12-20(3,21)22/h9,14,18H,4-8,10-13,23H2,1-3H3. The van der Waals surface area contributed by atoms with Gasteiger partial charge in [-0.15, -0.1) is 0 Å². The molecule has 0 spiro atoms. The van der Waals surface area contributed by atoms with Crippen LogP contribution >= 0.6 is 0 Å². The normalized spacial score (nSPS) is 22.0. The van der Waals surface area contributed by atoms with Crippen LogP contribution in [0.4, 0.5) is 8.78 Å². The molecule has 2 heterocycles. The van der Waals surface area contributed by atoms with Gasteiger partial charge in [0.2, 0.25) is 11.9 Å². The first-order valence-electron chi connectivity index (χ1n) is 9.72. The summed E-state index contributed by atoms with van der Waals surface area (Å²) < 4.78 is 26.1. The van der Waals surface area contributed by atoms with Gasteiger partial charge in [0.25, 0.3) is 0 Å². The maximum absolute atomic E-state index is 13.0. The second-order valence-electron chi connectivity index (χ2n) is 7.49. The Morgan fingerprint density at radius 3 is 2.88 bits per heavy atom. The third-order valence-corrected chi connectivity index (χ3v) is 4.86. The average molecular weight is 367 g/mol. The minimum atomic E-state index is -2.70. The number of alkyl halides is 2. The van der Waals surface area contributed by atoms with Gasteiger partial charge >= 0.3 is 0 Å². The van der Waals surface area contributed by atoms with Crippen molar-refractivity contribution in [1.82, 2.24) is 4.90 Å². The van der Waals surface area contributed by atoms with Crippen LogP contribution in [0.1, 0.15) is 72.1 Å². The number of guanidine groups is 1. The van der Waals surface area contributed by atoms with Gasteiger partial charge in [0.1, 0.15) is 0 Å². The lowest BCUT2D eigenvalue weighted by molar-refractivity contribution is 0.0132. The van der Waals surface area contributed by atoms with E-state index in [1.165, 1.54) is 19.3 Å².